The van der Waals surface area contributed by atoms with E-state index in [2.05, 4.69) is 119 Å². The standard InChI is InChI=1S/C39H30N4/c1-2-12-38-39(40)33-19-6-7-21-37(33)43(38)32-18-11-16-29(24-32)31-25-35(42-36(26-31)34-20-8-9-22-41-34)30-17-10-15-28(23-30)27-13-4-3-5-14-27/h2-26H,40H2,1H3/b12-2-. The predicted octanol–water partition coefficient (Wildman–Crippen LogP) is 9.70. The summed E-state index contributed by atoms with van der Waals surface area (Å²) in [5.74, 6) is 0. The largest absolute Gasteiger partial charge is 0.396 e. The zero-order chi connectivity index (χ0) is 29.2. The third-order valence-electron chi connectivity index (χ3n) is 7.73. The summed E-state index contributed by atoms with van der Waals surface area (Å²) in [5.41, 5.74) is 18.6. The third-order valence-corrected chi connectivity index (χ3v) is 7.73. The Labute approximate surface area is 251 Å². The van der Waals surface area contributed by atoms with Crippen LogP contribution in [0.2, 0.25) is 0 Å². The van der Waals surface area contributed by atoms with Gasteiger partial charge in [0.25, 0.3) is 0 Å². The van der Waals surface area contributed by atoms with Crippen LogP contribution in [0.3, 0.4) is 0 Å². The molecule has 4 nitrogen and oxygen atoms in total. The lowest BCUT2D eigenvalue weighted by molar-refractivity contribution is 1.11. The van der Waals surface area contributed by atoms with E-state index in [-0.39, 0.29) is 0 Å². The average molecular weight is 555 g/mol. The molecule has 7 aromatic rings. The van der Waals surface area contributed by atoms with Gasteiger partial charge in [0, 0.05) is 22.8 Å². The number of para-hydroxylation sites is 1. The molecule has 0 aliphatic heterocycles. The lowest BCUT2D eigenvalue weighted by Gasteiger charge is -2.13. The lowest BCUT2D eigenvalue weighted by Crippen LogP contribution is -1.99. The molecule has 0 aliphatic rings. The summed E-state index contributed by atoms with van der Waals surface area (Å²) < 4.78 is 2.24. The smallest absolute Gasteiger partial charge is 0.0899 e. The minimum atomic E-state index is 0.779. The Morgan fingerprint density at radius 2 is 1.28 bits per heavy atom. The molecule has 0 atom stereocenters. The fourth-order valence-corrected chi connectivity index (χ4v) is 5.69. The van der Waals surface area contributed by atoms with Gasteiger partial charge in [-0.25, -0.2) is 4.98 Å². The molecule has 3 aromatic heterocycles. The van der Waals surface area contributed by atoms with Gasteiger partial charge in [0.1, 0.15) is 0 Å². The van der Waals surface area contributed by atoms with E-state index in [1.165, 1.54) is 5.56 Å². The zero-order valence-electron chi connectivity index (χ0n) is 23.9. The molecule has 0 bridgehead atoms. The molecule has 43 heavy (non-hydrogen) atoms. The number of nitrogen functional groups attached to an aromatic ring is 1. The van der Waals surface area contributed by atoms with Gasteiger partial charge in [0.15, 0.2) is 0 Å². The van der Waals surface area contributed by atoms with E-state index in [0.29, 0.717) is 0 Å². The fraction of sp³-hybridized carbons (Fsp3) is 0.0256. The molecule has 206 valence electrons. The van der Waals surface area contributed by atoms with Crippen LogP contribution in [-0.4, -0.2) is 14.5 Å². The summed E-state index contributed by atoms with van der Waals surface area (Å²) in [6.45, 7) is 2.02. The summed E-state index contributed by atoms with van der Waals surface area (Å²) in [4.78, 5) is 9.73. The van der Waals surface area contributed by atoms with Gasteiger partial charge in [-0.3, -0.25) is 4.98 Å². The lowest BCUT2D eigenvalue weighted by atomic mass is 9.98. The van der Waals surface area contributed by atoms with Crippen LogP contribution in [0.5, 0.6) is 0 Å². The van der Waals surface area contributed by atoms with Crippen LogP contribution in [0.4, 0.5) is 5.69 Å². The van der Waals surface area contributed by atoms with E-state index in [4.69, 9.17) is 10.7 Å². The van der Waals surface area contributed by atoms with Crippen LogP contribution in [0.15, 0.2) is 146 Å². The number of hydrogen-bond donors (Lipinski definition) is 1. The first-order valence-corrected chi connectivity index (χ1v) is 14.4. The van der Waals surface area contributed by atoms with Crippen molar-refractivity contribution in [3.63, 3.8) is 0 Å². The molecule has 0 aliphatic carbocycles. The fourth-order valence-electron chi connectivity index (χ4n) is 5.69. The molecular weight excluding hydrogens is 524 g/mol. The second-order valence-electron chi connectivity index (χ2n) is 10.5. The maximum absolute atomic E-state index is 6.65. The third kappa shape index (κ3) is 5.00. The first-order chi connectivity index (χ1) is 21.2. The van der Waals surface area contributed by atoms with Crippen molar-refractivity contribution < 1.29 is 0 Å². The molecule has 0 fully saturated rings. The van der Waals surface area contributed by atoms with E-state index in [1.54, 1.807) is 0 Å². The van der Waals surface area contributed by atoms with Gasteiger partial charge < -0.3 is 10.3 Å². The molecule has 0 saturated heterocycles. The van der Waals surface area contributed by atoms with Gasteiger partial charge in [0.05, 0.1) is 34.0 Å². The van der Waals surface area contributed by atoms with Crippen molar-refractivity contribution >= 4 is 22.7 Å². The number of aromatic nitrogens is 3. The number of nitrogens with two attached hydrogens (primary N) is 1. The highest BCUT2D eigenvalue weighted by Gasteiger charge is 2.16. The molecule has 0 unspecified atom stereocenters. The zero-order valence-corrected chi connectivity index (χ0v) is 23.9. The van der Waals surface area contributed by atoms with Crippen molar-refractivity contribution in [2.45, 2.75) is 6.92 Å². The summed E-state index contributed by atoms with van der Waals surface area (Å²) in [5, 5.41) is 1.04. The maximum Gasteiger partial charge on any atom is 0.0899 e. The van der Waals surface area contributed by atoms with Gasteiger partial charge in [-0.2, -0.15) is 0 Å². The van der Waals surface area contributed by atoms with Gasteiger partial charge in [-0.1, -0.05) is 91.0 Å². The minimum Gasteiger partial charge on any atom is -0.396 e. The molecule has 0 spiro atoms. The second-order valence-corrected chi connectivity index (χ2v) is 10.5. The Morgan fingerprint density at radius 3 is 2.09 bits per heavy atom. The minimum absolute atomic E-state index is 0.779. The molecule has 0 saturated carbocycles. The van der Waals surface area contributed by atoms with Crippen molar-refractivity contribution in [3.8, 4) is 50.6 Å². The number of hydrogen-bond acceptors (Lipinski definition) is 3. The van der Waals surface area contributed by atoms with E-state index in [9.17, 15) is 0 Å². The Bertz CT molecular complexity index is 2090. The van der Waals surface area contributed by atoms with Gasteiger partial charge in [-0.05, 0) is 83.8 Å². The first-order valence-electron chi connectivity index (χ1n) is 14.4. The van der Waals surface area contributed by atoms with Gasteiger partial charge in [-0.15, -0.1) is 0 Å². The summed E-state index contributed by atoms with van der Waals surface area (Å²) in [6.07, 6.45) is 5.92. The Balaban J connectivity index is 1.40. The van der Waals surface area contributed by atoms with E-state index in [1.807, 2.05) is 49.5 Å². The first kappa shape index (κ1) is 26.2. The molecule has 0 radical (unpaired) electrons. The molecular formula is C39H30N4. The van der Waals surface area contributed by atoms with Gasteiger partial charge in [0.2, 0.25) is 0 Å². The van der Waals surface area contributed by atoms with Gasteiger partial charge >= 0.3 is 0 Å². The highest BCUT2D eigenvalue weighted by atomic mass is 15.0. The molecule has 7 rings (SSSR count). The highest BCUT2D eigenvalue weighted by Crippen LogP contribution is 2.36. The summed E-state index contributed by atoms with van der Waals surface area (Å²) >= 11 is 0. The molecule has 4 heteroatoms. The number of allylic oxidation sites excluding steroid dienone is 1. The van der Waals surface area contributed by atoms with Crippen LogP contribution >= 0.6 is 0 Å². The van der Waals surface area contributed by atoms with Crippen molar-refractivity contribution in [2.75, 3.05) is 5.73 Å². The quantitative estimate of drug-likeness (QED) is 0.223. The van der Waals surface area contributed by atoms with Crippen molar-refractivity contribution in [1.29, 1.82) is 0 Å². The Hall–Kier alpha value is -5.74. The number of pyridine rings is 2. The molecule has 4 aromatic carbocycles. The van der Waals surface area contributed by atoms with Crippen LogP contribution in [-0.2, 0) is 0 Å². The van der Waals surface area contributed by atoms with E-state index >= 15 is 0 Å². The highest BCUT2D eigenvalue weighted by molar-refractivity contribution is 5.98. The molecule has 2 N–H and O–H groups in total. The van der Waals surface area contributed by atoms with Crippen LogP contribution in [0.25, 0.3) is 67.6 Å². The predicted molar refractivity (Wildman–Crippen MR) is 180 cm³/mol. The van der Waals surface area contributed by atoms with Crippen molar-refractivity contribution in [1.82, 2.24) is 14.5 Å². The summed E-state index contributed by atoms with van der Waals surface area (Å²) in [7, 11) is 0. The van der Waals surface area contributed by atoms with E-state index in [0.717, 1.165) is 67.3 Å². The van der Waals surface area contributed by atoms with E-state index < -0.39 is 0 Å². The molecule has 3 heterocycles. The van der Waals surface area contributed by atoms with Crippen LogP contribution in [0.1, 0.15) is 12.6 Å². The number of fused-ring (bicyclic) bond motifs is 1. The van der Waals surface area contributed by atoms with Crippen LogP contribution in [0, 0.1) is 0 Å². The number of rotatable bonds is 6. The summed E-state index contributed by atoms with van der Waals surface area (Å²) in [6, 6.07) is 46.1. The maximum atomic E-state index is 6.65. The van der Waals surface area contributed by atoms with Crippen LogP contribution < -0.4 is 5.73 Å². The Morgan fingerprint density at radius 1 is 0.581 bits per heavy atom. The normalized spacial score (nSPS) is 11.4. The van der Waals surface area contributed by atoms with Crippen molar-refractivity contribution in [2.24, 2.45) is 0 Å². The number of anilines is 1. The monoisotopic (exact) mass is 554 g/mol. The number of benzene rings is 4. The van der Waals surface area contributed by atoms with Crippen molar-refractivity contribution in [3.05, 3.63) is 151 Å². The average Bonchev–Trinajstić information content (AvgIpc) is 3.36. The second kappa shape index (κ2) is 11.3. The molecule has 0 amide bonds. The topological polar surface area (TPSA) is 56.7 Å². The Kier molecular flexibility index (Phi) is 6.86. The SMILES string of the molecule is C/C=C\c1c(N)c2ccccc2n1-c1cccc(-c2cc(-c3cccc(-c4ccccc4)c3)nc(-c3ccccn3)c2)c1. The number of nitrogens with zero attached hydrogens (tertiary/aromatic N) is 3.